The van der Waals surface area contributed by atoms with Gasteiger partial charge in [0.1, 0.15) is 5.75 Å². The van der Waals surface area contributed by atoms with E-state index in [0.29, 0.717) is 53.4 Å². The van der Waals surface area contributed by atoms with Gasteiger partial charge in [-0.3, -0.25) is 14.7 Å². The van der Waals surface area contributed by atoms with Gasteiger partial charge in [0.05, 0.1) is 42.3 Å². The van der Waals surface area contributed by atoms with E-state index in [2.05, 4.69) is 26.6 Å². The molecule has 2 aliphatic rings. The van der Waals surface area contributed by atoms with E-state index in [4.69, 9.17) is 37.7 Å². The van der Waals surface area contributed by atoms with Gasteiger partial charge < -0.3 is 25.2 Å². The first-order valence-electron chi connectivity index (χ1n) is 15.4. The number of fused-ring (bicyclic) bond motifs is 1. The van der Waals surface area contributed by atoms with Crippen molar-refractivity contribution in [2.24, 2.45) is 0 Å². The third kappa shape index (κ3) is 6.70. The zero-order valence-corrected chi connectivity index (χ0v) is 27.4. The number of carbonyl (C=O) groups excluding carboxylic acids is 1. The van der Waals surface area contributed by atoms with Crippen LogP contribution in [0.3, 0.4) is 0 Å². The Morgan fingerprint density at radius 2 is 1.87 bits per heavy atom. The molecule has 2 aromatic carbocycles. The van der Waals surface area contributed by atoms with Crippen LogP contribution >= 0.6 is 23.2 Å². The van der Waals surface area contributed by atoms with Gasteiger partial charge in [0.2, 0.25) is 11.8 Å². The van der Waals surface area contributed by atoms with E-state index in [9.17, 15) is 9.90 Å². The monoisotopic (exact) mass is 661 g/mol. The molecular weight excluding hydrogens is 625 g/mol. The number of benzene rings is 2. The van der Waals surface area contributed by atoms with Crippen LogP contribution in [-0.2, 0) is 24.3 Å². The number of ether oxygens (including phenoxy) is 2. The summed E-state index contributed by atoms with van der Waals surface area (Å²) in [6, 6.07) is 15.9. The lowest BCUT2D eigenvalue weighted by Crippen LogP contribution is -2.35. The average Bonchev–Trinajstić information content (AvgIpc) is 3.49. The Bertz CT molecular complexity index is 1730. The number of aliphatic hydroxyl groups excluding tert-OH is 1. The molecule has 11 heteroatoms. The molecule has 46 heavy (non-hydrogen) atoms. The molecule has 2 aliphatic heterocycles. The van der Waals surface area contributed by atoms with Gasteiger partial charge in [-0.15, -0.1) is 0 Å². The molecule has 4 heterocycles. The van der Waals surface area contributed by atoms with Gasteiger partial charge in [-0.25, -0.2) is 4.98 Å². The molecule has 1 amide bonds. The minimum absolute atomic E-state index is 0.102. The zero-order valence-electron chi connectivity index (χ0n) is 25.9. The van der Waals surface area contributed by atoms with Crippen LogP contribution in [0.15, 0.2) is 54.7 Å². The summed E-state index contributed by atoms with van der Waals surface area (Å²) in [5.41, 5.74) is 7.70. The van der Waals surface area contributed by atoms with E-state index in [1.807, 2.05) is 42.5 Å². The molecule has 3 N–H and O–H groups in total. The van der Waals surface area contributed by atoms with Crippen LogP contribution < -0.4 is 20.1 Å². The van der Waals surface area contributed by atoms with Gasteiger partial charge in [-0.1, -0.05) is 47.5 Å². The highest BCUT2D eigenvalue weighted by atomic mass is 35.5. The van der Waals surface area contributed by atoms with E-state index < -0.39 is 0 Å². The van der Waals surface area contributed by atoms with E-state index in [1.54, 1.807) is 20.4 Å². The molecule has 4 aromatic rings. The number of pyridine rings is 2. The smallest absolute Gasteiger partial charge is 0.220 e. The predicted octanol–water partition coefficient (Wildman–Crippen LogP) is 5.52. The quantitative estimate of drug-likeness (QED) is 0.193. The molecule has 0 bridgehead atoms. The number of hydrogen-bond acceptors (Lipinski definition) is 8. The molecule has 0 radical (unpaired) electrons. The molecule has 1 fully saturated rings. The standard InChI is InChI=1S/C35H37Cl2N5O4/c1-45-30-17-23(16-21-11-13-42(14-15-43)20-28(21)30)34-33(37)26(10-12-39-34)25-4-3-5-27(32(25)36)29-8-6-22(35(41-29)46-2)18-38-19-24-7-9-31(44)40-24/h3-6,8,10,12,16-17,24,38,43H,7,9,11,13-15,18-20H2,1-2H3,(H,40,44). The van der Waals surface area contributed by atoms with Gasteiger partial charge in [0.15, 0.2) is 0 Å². The first-order chi connectivity index (χ1) is 22.4. The molecule has 2 aromatic heterocycles. The van der Waals surface area contributed by atoms with E-state index in [-0.39, 0.29) is 18.6 Å². The number of aromatic nitrogens is 2. The van der Waals surface area contributed by atoms with Crippen LogP contribution in [-0.4, -0.2) is 72.4 Å². The Morgan fingerprint density at radius 1 is 1.04 bits per heavy atom. The fourth-order valence-corrected chi connectivity index (χ4v) is 6.92. The van der Waals surface area contributed by atoms with Crippen LogP contribution in [0.5, 0.6) is 11.6 Å². The van der Waals surface area contributed by atoms with Crippen molar-refractivity contribution in [3.63, 3.8) is 0 Å². The summed E-state index contributed by atoms with van der Waals surface area (Å²) in [5.74, 6) is 1.39. The summed E-state index contributed by atoms with van der Waals surface area (Å²) >= 11 is 14.2. The molecule has 1 atom stereocenters. The van der Waals surface area contributed by atoms with Crippen LogP contribution in [0.4, 0.5) is 0 Å². The van der Waals surface area contributed by atoms with Crippen LogP contribution in [0.25, 0.3) is 33.6 Å². The fraction of sp³-hybridized carbons (Fsp3) is 0.343. The van der Waals surface area contributed by atoms with Gasteiger partial charge in [0, 0.05) is 84.8 Å². The molecular formula is C35H37Cl2N5O4. The van der Waals surface area contributed by atoms with Crippen LogP contribution in [0.2, 0.25) is 10.0 Å². The number of halogens is 2. The number of nitrogens with one attached hydrogen (secondary N) is 2. The number of β-amino-alcohol motifs (C(OH)–C–C–N with tert-alkyl or cyclic N) is 1. The Labute approximate surface area is 278 Å². The first kappa shape index (κ1) is 32.2. The first-order valence-corrected chi connectivity index (χ1v) is 16.2. The van der Waals surface area contributed by atoms with Gasteiger partial charge in [-0.05, 0) is 42.7 Å². The number of carbonyl (C=O) groups is 1. The normalized spacial score (nSPS) is 16.3. The minimum Gasteiger partial charge on any atom is -0.496 e. The lowest BCUT2D eigenvalue weighted by Gasteiger charge is -2.29. The maximum Gasteiger partial charge on any atom is 0.220 e. The topological polar surface area (TPSA) is 109 Å². The second-order valence-corrected chi connectivity index (χ2v) is 12.3. The molecule has 6 rings (SSSR count). The van der Waals surface area contributed by atoms with E-state index in [0.717, 1.165) is 65.1 Å². The summed E-state index contributed by atoms with van der Waals surface area (Å²) in [6.07, 6.45) is 4.00. The largest absolute Gasteiger partial charge is 0.496 e. The van der Waals surface area contributed by atoms with Crippen molar-refractivity contribution in [2.45, 2.75) is 38.4 Å². The van der Waals surface area contributed by atoms with Crippen molar-refractivity contribution in [3.05, 3.63) is 81.5 Å². The van der Waals surface area contributed by atoms with E-state index in [1.165, 1.54) is 5.56 Å². The summed E-state index contributed by atoms with van der Waals surface area (Å²) in [7, 11) is 3.27. The van der Waals surface area contributed by atoms with Crippen LogP contribution in [0, 0.1) is 0 Å². The van der Waals surface area contributed by atoms with Crippen molar-refractivity contribution < 1.29 is 19.4 Å². The molecule has 9 nitrogen and oxygen atoms in total. The molecule has 0 aliphatic carbocycles. The summed E-state index contributed by atoms with van der Waals surface area (Å²) < 4.78 is 11.4. The fourth-order valence-electron chi connectivity index (χ4n) is 6.27. The summed E-state index contributed by atoms with van der Waals surface area (Å²) in [6.45, 7) is 3.58. The van der Waals surface area contributed by atoms with E-state index >= 15 is 0 Å². The third-order valence-electron chi connectivity index (χ3n) is 8.67. The maximum absolute atomic E-state index is 11.5. The number of nitrogens with zero attached hydrogens (tertiary/aromatic N) is 3. The molecule has 1 unspecified atom stereocenters. The van der Waals surface area contributed by atoms with Gasteiger partial charge in [-0.2, -0.15) is 0 Å². The van der Waals surface area contributed by atoms with Crippen molar-refractivity contribution >= 4 is 29.1 Å². The lowest BCUT2D eigenvalue weighted by atomic mass is 9.94. The second-order valence-electron chi connectivity index (χ2n) is 11.6. The second kappa shape index (κ2) is 14.4. The van der Waals surface area contributed by atoms with Crippen molar-refractivity contribution in [1.29, 1.82) is 0 Å². The Hall–Kier alpha value is -3.73. The Balaban J connectivity index is 1.28. The third-order valence-corrected chi connectivity index (χ3v) is 9.46. The maximum atomic E-state index is 11.5. The molecule has 240 valence electrons. The summed E-state index contributed by atoms with van der Waals surface area (Å²) in [4.78, 5) is 23.2. The van der Waals surface area contributed by atoms with Crippen molar-refractivity contribution in [1.82, 2.24) is 25.5 Å². The highest BCUT2D eigenvalue weighted by Gasteiger charge is 2.24. The van der Waals surface area contributed by atoms with Crippen molar-refractivity contribution in [3.8, 4) is 45.3 Å². The number of hydrogen-bond donors (Lipinski definition) is 3. The number of aliphatic hydroxyl groups is 1. The number of rotatable bonds is 11. The van der Waals surface area contributed by atoms with Gasteiger partial charge in [0.25, 0.3) is 0 Å². The minimum atomic E-state index is 0.102. The summed E-state index contributed by atoms with van der Waals surface area (Å²) in [5, 5.41) is 16.8. The highest BCUT2D eigenvalue weighted by Crippen LogP contribution is 2.43. The molecule has 1 saturated heterocycles. The highest BCUT2D eigenvalue weighted by molar-refractivity contribution is 6.39. The molecule has 0 saturated carbocycles. The molecule has 0 spiro atoms. The van der Waals surface area contributed by atoms with Gasteiger partial charge >= 0.3 is 0 Å². The predicted molar refractivity (Wildman–Crippen MR) is 180 cm³/mol. The lowest BCUT2D eigenvalue weighted by molar-refractivity contribution is -0.119. The van der Waals surface area contributed by atoms with Crippen molar-refractivity contribution in [2.75, 3.05) is 40.5 Å². The Kier molecular flexibility index (Phi) is 10.1. The number of methoxy groups -OCH3 is 2. The Morgan fingerprint density at radius 3 is 2.63 bits per heavy atom. The zero-order chi connectivity index (χ0) is 32.2. The van der Waals surface area contributed by atoms with Crippen LogP contribution in [0.1, 0.15) is 29.5 Å². The average molecular weight is 663 g/mol. The number of amides is 1. The SMILES string of the molecule is COc1cc(-c2nccc(-c3cccc(-c4ccc(CNCC5CCC(=O)N5)c(OC)n4)c3Cl)c2Cl)cc2c1CN(CCO)CC2.